The fraction of sp³-hybridized carbons (Fsp3) is 0.357. The molecule has 1 aromatic carbocycles. The van der Waals surface area contributed by atoms with Crippen molar-refractivity contribution in [1.82, 2.24) is 4.98 Å². The molecule has 1 unspecified atom stereocenters. The molecule has 0 fully saturated rings. The van der Waals surface area contributed by atoms with Gasteiger partial charge in [-0.05, 0) is 18.2 Å². The minimum absolute atomic E-state index is 0.0235. The highest BCUT2D eigenvalue weighted by molar-refractivity contribution is 9.10. The van der Waals surface area contributed by atoms with Crippen LogP contribution in [-0.2, 0) is 5.41 Å². The smallest absolute Gasteiger partial charge is 0.128 e. The zero-order valence-electron chi connectivity index (χ0n) is 11.1. The summed E-state index contributed by atoms with van der Waals surface area (Å²) in [7, 11) is 0. The van der Waals surface area contributed by atoms with Crippen LogP contribution in [0.1, 0.15) is 43.1 Å². The van der Waals surface area contributed by atoms with Crippen LogP contribution in [0.4, 0.5) is 4.39 Å². The Kier molecular flexibility index (Phi) is 4.08. The fourth-order valence-corrected chi connectivity index (χ4v) is 3.10. The van der Waals surface area contributed by atoms with Crippen molar-refractivity contribution in [1.29, 1.82) is 0 Å². The average Bonchev–Trinajstić information content (AvgIpc) is 2.80. The Morgan fingerprint density at radius 1 is 1.37 bits per heavy atom. The summed E-state index contributed by atoms with van der Waals surface area (Å²) >= 11 is 4.81. The van der Waals surface area contributed by atoms with E-state index < -0.39 is 6.04 Å². The molecule has 2 nitrogen and oxygen atoms in total. The highest BCUT2D eigenvalue weighted by atomic mass is 79.9. The third kappa shape index (κ3) is 3.22. The van der Waals surface area contributed by atoms with Crippen LogP contribution in [0.2, 0.25) is 0 Å². The number of aromatic nitrogens is 1. The zero-order valence-corrected chi connectivity index (χ0v) is 13.5. The quantitative estimate of drug-likeness (QED) is 0.878. The number of rotatable bonds is 2. The van der Waals surface area contributed by atoms with Crippen LogP contribution in [-0.4, -0.2) is 4.98 Å². The van der Waals surface area contributed by atoms with Crippen LogP contribution in [0.5, 0.6) is 0 Å². The van der Waals surface area contributed by atoms with Gasteiger partial charge >= 0.3 is 0 Å². The van der Waals surface area contributed by atoms with Gasteiger partial charge in [-0.2, -0.15) is 0 Å². The molecular formula is C14H16BrFN2S. The van der Waals surface area contributed by atoms with Crippen molar-refractivity contribution in [2.75, 3.05) is 0 Å². The molecule has 0 bridgehead atoms. The first-order chi connectivity index (χ1) is 8.79. The molecule has 1 heterocycles. The van der Waals surface area contributed by atoms with Gasteiger partial charge in [0.2, 0.25) is 0 Å². The second kappa shape index (κ2) is 5.31. The minimum Gasteiger partial charge on any atom is -0.318 e. The van der Waals surface area contributed by atoms with Gasteiger partial charge in [0.05, 0.1) is 11.7 Å². The van der Waals surface area contributed by atoms with Gasteiger partial charge in [-0.3, -0.25) is 0 Å². The molecule has 0 saturated carbocycles. The number of hydrogen-bond acceptors (Lipinski definition) is 3. The summed E-state index contributed by atoms with van der Waals surface area (Å²) in [5.74, 6) is -0.303. The lowest BCUT2D eigenvalue weighted by Crippen LogP contribution is -2.16. The molecule has 102 valence electrons. The van der Waals surface area contributed by atoms with Crippen molar-refractivity contribution in [3.8, 4) is 0 Å². The van der Waals surface area contributed by atoms with E-state index in [-0.39, 0.29) is 11.2 Å². The standard InChI is InChI=1S/C14H16BrFN2S/c1-14(2,3)11-7-19-13(18-11)12(17)9-6-8(15)4-5-10(9)16/h4-7,12H,17H2,1-3H3. The Hall–Kier alpha value is -0.780. The summed E-state index contributed by atoms with van der Waals surface area (Å²) < 4.78 is 14.6. The summed E-state index contributed by atoms with van der Waals surface area (Å²) in [4.78, 5) is 4.54. The largest absolute Gasteiger partial charge is 0.318 e. The monoisotopic (exact) mass is 342 g/mol. The Morgan fingerprint density at radius 2 is 2.05 bits per heavy atom. The molecule has 0 aliphatic rings. The second-order valence-corrected chi connectivity index (χ2v) is 7.27. The lowest BCUT2D eigenvalue weighted by Gasteiger charge is -2.15. The number of hydrogen-bond donors (Lipinski definition) is 1. The van der Waals surface area contributed by atoms with Gasteiger partial charge in [0, 0.05) is 20.8 Å². The molecule has 2 rings (SSSR count). The van der Waals surface area contributed by atoms with Crippen LogP contribution in [0.3, 0.4) is 0 Å². The average molecular weight is 343 g/mol. The van der Waals surface area contributed by atoms with E-state index in [9.17, 15) is 4.39 Å². The zero-order chi connectivity index (χ0) is 14.2. The number of thiazole rings is 1. The fourth-order valence-electron chi connectivity index (χ4n) is 1.66. The Labute approximate surface area is 125 Å². The maximum Gasteiger partial charge on any atom is 0.128 e. The lowest BCUT2D eigenvalue weighted by atomic mass is 9.93. The van der Waals surface area contributed by atoms with Crippen LogP contribution < -0.4 is 5.73 Å². The van der Waals surface area contributed by atoms with Gasteiger partial charge in [-0.15, -0.1) is 11.3 Å². The molecule has 1 aromatic heterocycles. The first-order valence-electron chi connectivity index (χ1n) is 5.95. The van der Waals surface area contributed by atoms with Gasteiger partial charge in [0.25, 0.3) is 0 Å². The lowest BCUT2D eigenvalue weighted by molar-refractivity contribution is 0.567. The first kappa shape index (κ1) is 14.6. The number of nitrogens with zero attached hydrogens (tertiary/aromatic N) is 1. The molecule has 2 aromatic rings. The maximum absolute atomic E-state index is 13.8. The summed E-state index contributed by atoms with van der Waals surface area (Å²) in [6, 6.07) is 4.25. The van der Waals surface area contributed by atoms with Crippen LogP contribution in [0.15, 0.2) is 28.1 Å². The van der Waals surface area contributed by atoms with Gasteiger partial charge in [0.15, 0.2) is 0 Å². The summed E-state index contributed by atoms with van der Waals surface area (Å²) in [6.07, 6.45) is 0. The highest BCUT2D eigenvalue weighted by Crippen LogP contribution is 2.30. The van der Waals surface area contributed by atoms with Crippen molar-refractivity contribution in [2.24, 2.45) is 5.73 Å². The Bertz CT molecular complexity index is 589. The van der Waals surface area contributed by atoms with Crippen LogP contribution in [0, 0.1) is 5.82 Å². The predicted octanol–water partition coefficient (Wildman–Crippen LogP) is 4.39. The van der Waals surface area contributed by atoms with E-state index in [4.69, 9.17) is 5.73 Å². The van der Waals surface area contributed by atoms with Crippen LogP contribution in [0.25, 0.3) is 0 Å². The predicted molar refractivity (Wildman–Crippen MR) is 80.9 cm³/mol. The van der Waals surface area contributed by atoms with Crippen molar-refractivity contribution in [2.45, 2.75) is 32.2 Å². The topological polar surface area (TPSA) is 38.9 Å². The molecule has 0 saturated heterocycles. The molecule has 19 heavy (non-hydrogen) atoms. The molecule has 5 heteroatoms. The summed E-state index contributed by atoms with van der Waals surface area (Å²) in [6.45, 7) is 6.28. The molecular weight excluding hydrogens is 327 g/mol. The second-order valence-electron chi connectivity index (χ2n) is 5.46. The van der Waals surface area contributed by atoms with Gasteiger partial charge in [0.1, 0.15) is 10.8 Å². The van der Waals surface area contributed by atoms with E-state index in [2.05, 4.69) is 41.7 Å². The normalized spacial score (nSPS) is 13.6. The molecule has 0 aliphatic carbocycles. The third-order valence-corrected chi connectivity index (χ3v) is 4.27. The number of halogens is 2. The number of benzene rings is 1. The van der Waals surface area contributed by atoms with E-state index in [1.165, 1.54) is 17.4 Å². The molecule has 2 N–H and O–H groups in total. The number of nitrogens with two attached hydrogens (primary N) is 1. The Balaban J connectivity index is 2.36. The van der Waals surface area contributed by atoms with E-state index in [1.807, 2.05) is 5.38 Å². The van der Waals surface area contributed by atoms with E-state index in [0.717, 1.165) is 15.2 Å². The summed E-state index contributed by atoms with van der Waals surface area (Å²) in [5.41, 5.74) is 7.55. The molecule has 0 radical (unpaired) electrons. The van der Waals surface area contributed by atoms with Crippen molar-refractivity contribution in [3.63, 3.8) is 0 Å². The van der Waals surface area contributed by atoms with Crippen molar-refractivity contribution in [3.05, 3.63) is 50.1 Å². The molecule has 0 aliphatic heterocycles. The molecule has 1 atom stereocenters. The summed E-state index contributed by atoms with van der Waals surface area (Å²) in [5, 5.41) is 2.73. The van der Waals surface area contributed by atoms with Gasteiger partial charge in [-0.1, -0.05) is 36.7 Å². The van der Waals surface area contributed by atoms with E-state index >= 15 is 0 Å². The van der Waals surface area contributed by atoms with Crippen molar-refractivity contribution >= 4 is 27.3 Å². The van der Waals surface area contributed by atoms with Gasteiger partial charge in [-0.25, -0.2) is 9.37 Å². The van der Waals surface area contributed by atoms with E-state index in [1.54, 1.807) is 12.1 Å². The first-order valence-corrected chi connectivity index (χ1v) is 7.63. The minimum atomic E-state index is -0.529. The van der Waals surface area contributed by atoms with Crippen molar-refractivity contribution < 1.29 is 4.39 Å². The molecule has 0 amide bonds. The van der Waals surface area contributed by atoms with E-state index in [0.29, 0.717) is 5.56 Å². The highest BCUT2D eigenvalue weighted by Gasteiger charge is 2.22. The molecule has 0 spiro atoms. The van der Waals surface area contributed by atoms with Gasteiger partial charge < -0.3 is 5.73 Å². The third-order valence-electron chi connectivity index (χ3n) is 2.85. The van der Waals surface area contributed by atoms with Crippen LogP contribution >= 0.6 is 27.3 Å². The maximum atomic E-state index is 13.8. The Morgan fingerprint density at radius 3 is 2.63 bits per heavy atom. The SMILES string of the molecule is CC(C)(C)c1csc(C(N)c2cc(Br)ccc2F)n1.